The van der Waals surface area contributed by atoms with Gasteiger partial charge in [0.25, 0.3) is 0 Å². The van der Waals surface area contributed by atoms with Gasteiger partial charge < -0.3 is 14.5 Å². The molecule has 0 saturated carbocycles. The van der Waals surface area contributed by atoms with E-state index >= 15 is 0 Å². The Hall–Kier alpha value is -4.31. The molecule has 0 aliphatic rings. The number of allylic oxidation sites excluding steroid dienone is 1. The molecule has 5 aromatic rings. The van der Waals surface area contributed by atoms with Crippen molar-refractivity contribution in [2.75, 3.05) is 13.2 Å². The van der Waals surface area contributed by atoms with E-state index in [1.54, 1.807) is 6.08 Å². The summed E-state index contributed by atoms with van der Waals surface area (Å²) in [5.74, 6) is 0.634. The Morgan fingerprint density at radius 1 is 0.946 bits per heavy atom. The van der Waals surface area contributed by atoms with E-state index in [1.165, 1.54) is 16.3 Å². The summed E-state index contributed by atoms with van der Waals surface area (Å²) in [5.41, 5.74) is 6.81. The third kappa shape index (κ3) is 5.01. The number of furan rings is 1. The number of amides is 1. The highest BCUT2D eigenvalue weighted by Crippen LogP contribution is 2.42. The summed E-state index contributed by atoms with van der Waals surface area (Å²) in [4.78, 5) is 12.8. The van der Waals surface area contributed by atoms with Gasteiger partial charge in [-0.1, -0.05) is 72.8 Å². The van der Waals surface area contributed by atoms with Crippen LogP contribution >= 0.6 is 0 Å². The molecule has 0 atom stereocenters. The lowest BCUT2D eigenvalue weighted by atomic mass is 9.94. The lowest BCUT2D eigenvalue weighted by Crippen LogP contribution is -2.23. The first-order valence-electron chi connectivity index (χ1n) is 12.7. The van der Waals surface area contributed by atoms with Crippen molar-refractivity contribution in [3.05, 3.63) is 108 Å². The normalized spacial score (nSPS) is 11.7. The van der Waals surface area contributed by atoms with Gasteiger partial charge in [0.1, 0.15) is 11.3 Å². The zero-order valence-corrected chi connectivity index (χ0v) is 21.5. The summed E-state index contributed by atoms with van der Waals surface area (Å²) in [7, 11) is 0. The van der Waals surface area contributed by atoms with E-state index < -0.39 is 0 Å². The number of hydrogen-bond donors (Lipinski definition) is 1. The van der Waals surface area contributed by atoms with Crippen molar-refractivity contribution in [1.82, 2.24) is 5.32 Å². The van der Waals surface area contributed by atoms with Gasteiger partial charge in [-0.05, 0) is 60.7 Å². The minimum absolute atomic E-state index is 0.116. The van der Waals surface area contributed by atoms with Crippen LogP contribution in [0.25, 0.3) is 38.4 Å². The first kappa shape index (κ1) is 24.4. The van der Waals surface area contributed by atoms with Gasteiger partial charge >= 0.3 is 0 Å². The molecule has 4 aromatic carbocycles. The first-order valence-corrected chi connectivity index (χ1v) is 12.7. The monoisotopic (exact) mass is 489 g/mol. The van der Waals surface area contributed by atoms with Crippen molar-refractivity contribution >= 4 is 33.2 Å². The number of rotatable bonds is 8. The number of carbonyl (C=O) groups is 1. The molecule has 186 valence electrons. The Labute approximate surface area is 217 Å². The zero-order chi connectivity index (χ0) is 25.8. The molecule has 0 radical (unpaired) electrons. The number of ether oxygens (including phenoxy) is 1. The molecular formula is C33H31NO3. The van der Waals surface area contributed by atoms with E-state index in [0.717, 1.165) is 51.0 Å². The summed E-state index contributed by atoms with van der Waals surface area (Å²) in [6, 6.07) is 26.9. The first-order chi connectivity index (χ1) is 18.1. The fourth-order valence-electron chi connectivity index (χ4n) is 4.91. The highest BCUT2D eigenvalue weighted by Gasteiger charge is 2.20. The van der Waals surface area contributed by atoms with Crippen LogP contribution in [0, 0.1) is 6.92 Å². The van der Waals surface area contributed by atoms with Crippen molar-refractivity contribution in [3.63, 3.8) is 0 Å². The van der Waals surface area contributed by atoms with Gasteiger partial charge in [0.15, 0.2) is 0 Å². The number of nitrogens with one attached hydrogen (secondary N) is 1. The maximum absolute atomic E-state index is 12.8. The molecule has 0 aliphatic carbocycles. The SMILES string of the molecule is CCOc1c(/C(C)=C/C(=O)NCCc2ccccc2)cc2c(-c3cccc4ccccc34)coc2c1C. The molecule has 0 saturated heterocycles. The van der Waals surface area contributed by atoms with E-state index in [2.05, 4.69) is 66.0 Å². The van der Waals surface area contributed by atoms with Crippen LogP contribution in [0.2, 0.25) is 0 Å². The second kappa shape index (κ2) is 10.8. The Balaban J connectivity index is 1.51. The molecule has 37 heavy (non-hydrogen) atoms. The number of aryl methyl sites for hydroxylation is 1. The highest BCUT2D eigenvalue weighted by atomic mass is 16.5. The number of hydrogen-bond acceptors (Lipinski definition) is 3. The van der Waals surface area contributed by atoms with Crippen LogP contribution in [-0.4, -0.2) is 19.1 Å². The number of carbonyl (C=O) groups excluding carboxylic acids is 1. The molecule has 0 unspecified atom stereocenters. The molecule has 4 nitrogen and oxygen atoms in total. The van der Waals surface area contributed by atoms with Crippen LogP contribution in [0.4, 0.5) is 0 Å². The van der Waals surface area contributed by atoms with Crippen molar-refractivity contribution in [3.8, 4) is 16.9 Å². The lowest BCUT2D eigenvalue weighted by Gasteiger charge is -2.15. The lowest BCUT2D eigenvalue weighted by molar-refractivity contribution is -0.116. The van der Waals surface area contributed by atoms with E-state index in [9.17, 15) is 4.79 Å². The Morgan fingerprint density at radius 2 is 1.70 bits per heavy atom. The summed E-state index contributed by atoms with van der Waals surface area (Å²) in [5, 5.41) is 6.37. The van der Waals surface area contributed by atoms with Crippen molar-refractivity contribution < 1.29 is 13.9 Å². The Morgan fingerprint density at radius 3 is 2.51 bits per heavy atom. The number of fused-ring (bicyclic) bond motifs is 2. The average Bonchev–Trinajstić information content (AvgIpc) is 3.34. The molecule has 5 rings (SSSR count). The summed E-state index contributed by atoms with van der Waals surface area (Å²) >= 11 is 0. The fraction of sp³-hybridized carbons (Fsp3) is 0.182. The van der Waals surface area contributed by atoms with Crippen LogP contribution in [0.5, 0.6) is 5.75 Å². The van der Waals surface area contributed by atoms with Gasteiger partial charge in [0.2, 0.25) is 5.91 Å². The molecular weight excluding hydrogens is 458 g/mol. The number of benzene rings is 4. The van der Waals surface area contributed by atoms with Crippen molar-refractivity contribution in [2.45, 2.75) is 27.2 Å². The third-order valence-electron chi connectivity index (χ3n) is 6.74. The van der Waals surface area contributed by atoms with Crippen LogP contribution in [0.15, 0.2) is 95.6 Å². The van der Waals surface area contributed by atoms with Gasteiger partial charge in [-0.15, -0.1) is 0 Å². The summed E-state index contributed by atoms with van der Waals surface area (Å²) in [6.45, 7) is 7.03. The Bertz CT molecular complexity index is 1590. The van der Waals surface area contributed by atoms with Gasteiger partial charge in [-0.2, -0.15) is 0 Å². The maximum Gasteiger partial charge on any atom is 0.244 e. The molecule has 0 fully saturated rings. The van der Waals surface area contributed by atoms with Crippen molar-refractivity contribution in [2.24, 2.45) is 0 Å². The van der Waals surface area contributed by atoms with E-state index in [1.807, 2.05) is 45.2 Å². The minimum atomic E-state index is -0.116. The van der Waals surface area contributed by atoms with Gasteiger partial charge in [0, 0.05) is 34.7 Å². The molecule has 0 aliphatic heterocycles. The molecule has 0 spiro atoms. The topological polar surface area (TPSA) is 51.5 Å². The zero-order valence-electron chi connectivity index (χ0n) is 21.5. The van der Waals surface area contributed by atoms with E-state index in [0.29, 0.717) is 13.2 Å². The van der Waals surface area contributed by atoms with E-state index in [-0.39, 0.29) is 5.91 Å². The quantitative estimate of drug-likeness (QED) is 0.227. The maximum atomic E-state index is 12.8. The van der Waals surface area contributed by atoms with Crippen LogP contribution in [0.3, 0.4) is 0 Å². The smallest absolute Gasteiger partial charge is 0.244 e. The largest absolute Gasteiger partial charge is 0.493 e. The van der Waals surface area contributed by atoms with Crippen LogP contribution in [0.1, 0.15) is 30.5 Å². The molecule has 4 heteroatoms. The highest BCUT2D eigenvalue weighted by molar-refractivity contribution is 6.07. The van der Waals surface area contributed by atoms with Gasteiger partial charge in [-0.3, -0.25) is 4.79 Å². The minimum Gasteiger partial charge on any atom is -0.493 e. The average molecular weight is 490 g/mol. The third-order valence-corrected chi connectivity index (χ3v) is 6.74. The molecule has 1 heterocycles. The van der Waals surface area contributed by atoms with Gasteiger partial charge in [0.05, 0.1) is 12.9 Å². The van der Waals surface area contributed by atoms with Gasteiger partial charge in [-0.25, -0.2) is 0 Å². The molecule has 1 N–H and O–H groups in total. The molecule has 0 bridgehead atoms. The van der Waals surface area contributed by atoms with E-state index in [4.69, 9.17) is 9.15 Å². The summed E-state index contributed by atoms with van der Waals surface area (Å²) in [6.07, 6.45) is 4.28. The Kier molecular flexibility index (Phi) is 7.09. The standard InChI is InChI=1S/C33H31NO3/c1-4-36-32-23(3)33-29(30(21-37-33)27-16-10-14-25-13-8-9-15-26(25)27)20-28(32)22(2)19-31(35)34-18-17-24-11-6-5-7-12-24/h5-16,19-21H,4,17-18H2,1-3H3,(H,34,35)/b22-19+. The summed E-state index contributed by atoms with van der Waals surface area (Å²) < 4.78 is 12.2. The predicted octanol–water partition coefficient (Wildman–Crippen LogP) is 7.72. The van der Waals surface area contributed by atoms with Crippen molar-refractivity contribution in [1.29, 1.82) is 0 Å². The molecule has 1 aromatic heterocycles. The molecule has 1 amide bonds. The van der Waals surface area contributed by atoms with Crippen LogP contribution < -0.4 is 10.1 Å². The second-order valence-electron chi connectivity index (χ2n) is 9.22. The second-order valence-corrected chi connectivity index (χ2v) is 9.22. The predicted molar refractivity (Wildman–Crippen MR) is 152 cm³/mol. The fourth-order valence-corrected chi connectivity index (χ4v) is 4.91. The van der Waals surface area contributed by atoms with Crippen LogP contribution in [-0.2, 0) is 11.2 Å².